The van der Waals surface area contributed by atoms with Crippen LogP contribution < -0.4 is 0 Å². The molecule has 0 radical (unpaired) electrons. The molecule has 0 atom stereocenters. The van der Waals surface area contributed by atoms with Crippen LogP contribution in [0.3, 0.4) is 0 Å². The van der Waals surface area contributed by atoms with Gasteiger partial charge >= 0.3 is 10.4 Å². The number of nitrogens with zero attached hydrogens (tertiary/aromatic N) is 1. The highest BCUT2D eigenvalue weighted by Crippen LogP contribution is 2.16. The normalized spacial score (nSPS) is 12.7. The van der Waals surface area contributed by atoms with Gasteiger partial charge in [0.2, 0.25) is 0 Å². The molecule has 22 heavy (non-hydrogen) atoms. The van der Waals surface area contributed by atoms with E-state index in [1.807, 2.05) is 0 Å². The highest BCUT2D eigenvalue weighted by atomic mass is 32.3. The van der Waals surface area contributed by atoms with E-state index in [2.05, 4.69) is 25.0 Å². The van der Waals surface area contributed by atoms with Gasteiger partial charge in [-0.15, -0.1) is 0 Å². The maximum Gasteiger partial charge on any atom is 0.397 e. The summed E-state index contributed by atoms with van der Waals surface area (Å²) in [4.78, 5) is 6.18. The Kier molecular flexibility index (Phi) is 12.1. The van der Waals surface area contributed by atoms with E-state index in [1.165, 1.54) is 0 Å². The number of unbranched alkanes of at least 4 members (excludes halogenated alkanes) is 3. The standard InChI is InChI=1S/C15H33NO5S/c1-4-7-11-16(12-8-5-2,20-14-9-6-3)13-10-15-21-22(17,18)19/h4-15H2,1-3H3/p+1. The zero-order chi connectivity index (χ0) is 16.9. The maximum atomic E-state index is 10.6. The zero-order valence-corrected chi connectivity index (χ0v) is 15.2. The summed E-state index contributed by atoms with van der Waals surface area (Å²) < 4.78 is 34.8. The van der Waals surface area contributed by atoms with Crippen molar-refractivity contribution in [3.8, 4) is 0 Å². The van der Waals surface area contributed by atoms with Gasteiger partial charge in [-0.2, -0.15) is 13.1 Å². The Labute approximate surface area is 136 Å². The van der Waals surface area contributed by atoms with Crippen molar-refractivity contribution in [2.75, 3.05) is 32.8 Å². The van der Waals surface area contributed by atoms with Crippen LogP contribution in [0.25, 0.3) is 0 Å². The van der Waals surface area contributed by atoms with Gasteiger partial charge in [0.25, 0.3) is 0 Å². The fourth-order valence-electron chi connectivity index (χ4n) is 2.34. The zero-order valence-electron chi connectivity index (χ0n) is 14.4. The third-order valence-corrected chi connectivity index (χ3v) is 4.11. The Morgan fingerprint density at radius 2 is 1.32 bits per heavy atom. The minimum Gasteiger partial charge on any atom is -0.264 e. The molecule has 0 amide bonds. The third-order valence-electron chi connectivity index (χ3n) is 3.64. The molecular formula is C15H34NO5S+. The maximum absolute atomic E-state index is 10.6. The quantitative estimate of drug-likeness (QED) is 0.214. The van der Waals surface area contributed by atoms with E-state index < -0.39 is 10.4 Å². The Bertz CT molecular complexity index is 351. The van der Waals surface area contributed by atoms with E-state index in [0.717, 1.165) is 58.2 Å². The van der Waals surface area contributed by atoms with Crippen LogP contribution in [0.15, 0.2) is 0 Å². The average molecular weight is 341 g/mol. The van der Waals surface area contributed by atoms with Crippen molar-refractivity contribution in [1.82, 2.24) is 0 Å². The van der Waals surface area contributed by atoms with Crippen LogP contribution in [0.4, 0.5) is 0 Å². The second-order valence-corrected chi connectivity index (χ2v) is 6.82. The third kappa shape index (κ3) is 11.4. The fourth-order valence-corrected chi connectivity index (χ4v) is 2.67. The molecule has 0 aromatic heterocycles. The van der Waals surface area contributed by atoms with Gasteiger partial charge in [0.1, 0.15) is 26.2 Å². The largest absolute Gasteiger partial charge is 0.397 e. The van der Waals surface area contributed by atoms with Crippen molar-refractivity contribution < 1.29 is 26.6 Å². The van der Waals surface area contributed by atoms with Gasteiger partial charge < -0.3 is 0 Å². The first-order valence-corrected chi connectivity index (χ1v) is 9.88. The first-order chi connectivity index (χ1) is 10.4. The van der Waals surface area contributed by atoms with Gasteiger partial charge in [-0.25, -0.2) is 9.02 Å². The van der Waals surface area contributed by atoms with E-state index in [1.54, 1.807) is 0 Å². The molecule has 0 bridgehead atoms. The first-order valence-electron chi connectivity index (χ1n) is 8.51. The molecule has 0 aliphatic rings. The summed E-state index contributed by atoms with van der Waals surface area (Å²) in [5.41, 5.74) is 0. The molecule has 0 unspecified atom stereocenters. The predicted molar refractivity (Wildman–Crippen MR) is 87.7 cm³/mol. The molecule has 134 valence electrons. The van der Waals surface area contributed by atoms with Gasteiger partial charge in [0.05, 0.1) is 6.61 Å². The second kappa shape index (κ2) is 12.2. The molecule has 0 aromatic rings. The van der Waals surface area contributed by atoms with Crippen molar-refractivity contribution in [2.24, 2.45) is 0 Å². The summed E-state index contributed by atoms with van der Waals surface area (Å²) in [6, 6.07) is 0. The van der Waals surface area contributed by atoms with E-state index in [-0.39, 0.29) is 6.61 Å². The Balaban J connectivity index is 4.59. The number of hydroxylamine groups is 3. The van der Waals surface area contributed by atoms with Crippen LogP contribution in [0.2, 0.25) is 0 Å². The van der Waals surface area contributed by atoms with E-state index in [9.17, 15) is 8.42 Å². The minimum absolute atomic E-state index is 0.00573. The van der Waals surface area contributed by atoms with Crippen molar-refractivity contribution in [1.29, 1.82) is 0 Å². The van der Waals surface area contributed by atoms with Crippen LogP contribution in [0, 0.1) is 0 Å². The summed E-state index contributed by atoms with van der Waals surface area (Å²) in [5.74, 6) is 0. The predicted octanol–water partition coefficient (Wildman–Crippen LogP) is 3.34. The Morgan fingerprint density at radius 3 is 1.77 bits per heavy atom. The van der Waals surface area contributed by atoms with E-state index in [0.29, 0.717) is 17.6 Å². The molecule has 7 heteroatoms. The molecule has 0 saturated carbocycles. The molecule has 0 aliphatic heterocycles. The lowest BCUT2D eigenvalue weighted by Gasteiger charge is -2.36. The lowest BCUT2D eigenvalue weighted by molar-refractivity contribution is -1.11. The lowest BCUT2D eigenvalue weighted by atomic mass is 10.2. The van der Waals surface area contributed by atoms with Gasteiger partial charge in [-0.1, -0.05) is 40.0 Å². The van der Waals surface area contributed by atoms with Crippen LogP contribution in [-0.2, 0) is 19.4 Å². The summed E-state index contributed by atoms with van der Waals surface area (Å²) in [5, 5.41) is 0. The molecule has 1 N–H and O–H groups in total. The van der Waals surface area contributed by atoms with E-state index in [4.69, 9.17) is 9.39 Å². The Morgan fingerprint density at radius 1 is 0.818 bits per heavy atom. The summed E-state index contributed by atoms with van der Waals surface area (Å²) >= 11 is 0. The summed E-state index contributed by atoms with van der Waals surface area (Å²) in [7, 11) is -4.34. The molecule has 6 nitrogen and oxygen atoms in total. The van der Waals surface area contributed by atoms with Crippen LogP contribution in [-0.4, -0.2) is 50.5 Å². The minimum atomic E-state index is -4.34. The molecule has 0 fully saturated rings. The topological polar surface area (TPSA) is 72.8 Å². The van der Waals surface area contributed by atoms with Gasteiger partial charge in [0.15, 0.2) is 0 Å². The van der Waals surface area contributed by atoms with Crippen molar-refractivity contribution in [3.05, 3.63) is 0 Å². The monoisotopic (exact) mass is 340 g/mol. The van der Waals surface area contributed by atoms with Crippen molar-refractivity contribution in [2.45, 2.75) is 65.7 Å². The summed E-state index contributed by atoms with van der Waals surface area (Å²) in [6.45, 7) is 9.74. The molecule has 0 spiro atoms. The fraction of sp³-hybridized carbons (Fsp3) is 1.00. The molecule has 0 aliphatic carbocycles. The Hall–Kier alpha value is -0.210. The lowest BCUT2D eigenvalue weighted by Crippen LogP contribution is -2.50. The van der Waals surface area contributed by atoms with E-state index >= 15 is 0 Å². The second-order valence-electron chi connectivity index (χ2n) is 5.73. The van der Waals surface area contributed by atoms with Crippen molar-refractivity contribution in [3.63, 3.8) is 0 Å². The molecule has 0 aromatic carbocycles. The van der Waals surface area contributed by atoms with Crippen LogP contribution in [0.1, 0.15) is 65.7 Å². The SMILES string of the molecule is CCCCO[N+](CCCC)(CCCC)CCCOS(=O)(=O)O. The number of hydrogen-bond donors (Lipinski definition) is 1. The van der Waals surface area contributed by atoms with Crippen LogP contribution >= 0.6 is 0 Å². The molecule has 0 saturated heterocycles. The molecule has 0 rings (SSSR count). The average Bonchev–Trinajstić information content (AvgIpc) is 2.46. The number of rotatable bonds is 15. The highest BCUT2D eigenvalue weighted by Gasteiger charge is 2.28. The smallest absolute Gasteiger partial charge is 0.264 e. The van der Waals surface area contributed by atoms with Gasteiger partial charge in [0, 0.05) is 6.42 Å². The molecular weight excluding hydrogens is 306 g/mol. The van der Waals surface area contributed by atoms with Gasteiger partial charge in [-0.3, -0.25) is 4.55 Å². The number of hydrogen-bond acceptors (Lipinski definition) is 4. The first kappa shape index (κ1) is 21.8. The van der Waals surface area contributed by atoms with Crippen LogP contribution in [0.5, 0.6) is 0 Å². The summed E-state index contributed by atoms with van der Waals surface area (Å²) in [6.07, 6.45) is 7.02. The molecule has 0 heterocycles. The number of quaternary nitrogens is 1. The highest BCUT2D eigenvalue weighted by molar-refractivity contribution is 7.80. The van der Waals surface area contributed by atoms with Crippen molar-refractivity contribution >= 4 is 10.4 Å². The van der Waals surface area contributed by atoms with Gasteiger partial charge in [-0.05, 0) is 19.3 Å².